The number of hydrogen-bond acceptors (Lipinski definition) is 1. The Kier molecular flexibility index (Phi) is 4.97. The average molecular weight is 304 g/mol. The van der Waals surface area contributed by atoms with E-state index in [1.54, 1.807) is 0 Å². The van der Waals surface area contributed by atoms with Gasteiger partial charge in [0, 0.05) is 17.1 Å². The third-order valence-corrected chi connectivity index (χ3v) is 3.60. The van der Waals surface area contributed by atoms with Crippen LogP contribution >= 0.6 is 15.9 Å². The standard InChI is InChI=1S/C16H18BrN/c1-2-16(14-8-10-15(17)11-9-14)18-12-13-6-4-3-5-7-13/h3-11,16,18H,2,12H2,1H3. The fourth-order valence-electron chi connectivity index (χ4n) is 2.03. The van der Waals surface area contributed by atoms with E-state index in [0.29, 0.717) is 6.04 Å². The second-order valence-corrected chi connectivity index (χ2v) is 5.29. The maximum atomic E-state index is 3.61. The fourth-order valence-corrected chi connectivity index (χ4v) is 2.29. The molecule has 1 atom stereocenters. The first-order chi connectivity index (χ1) is 8.79. The Morgan fingerprint density at radius 1 is 1.00 bits per heavy atom. The van der Waals surface area contributed by atoms with E-state index in [1.165, 1.54) is 11.1 Å². The molecule has 0 heterocycles. The topological polar surface area (TPSA) is 12.0 Å². The maximum absolute atomic E-state index is 3.61. The third kappa shape index (κ3) is 3.69. The summed E-state index contributed by atoms with van der Waals surface area (Å²) in [5, 5.41) is 3.61. The van der Waals surface area contributed by atoms with Crippen molar-refractivity contribution in [3.05, 3.63) is 70.2 Å². The van der Waals surface area contributed by atoms with E-state index >= 15 is 0 Å². The molecule has 2 rings (SSSR count). The van der Waals surface area contributed by atoms with E-state index in [4.69, 9.17) is 0 Å². The Bertz CT molecular complexity index is 464. The smallest absolute Gasteiger partial charge is 0.0320 e. The van der Waals surface area contributed by atoms with Crippen molar-refractivity contribution in [3.63, 3.8) is 0 Å². The summed E-state index contributed by atoms with van der Waals surface area (Å²) < 4.78 is 1.13. The van der Waals surface area contributed by atoms with Crippen LogP contribution in [0.3, 0.4) is 0 Å². The summed E-state index contributed by atoms with van der Waals surface area (Å²) in [5.41, 5.74) is 2.67. The molecule has 0 bridgehead atoms. The quantitative estimate of drug-likeness (QED) is 0.845. The van der Waals surface area contributed by atoms with Crippen LogP contribution in [0.4, 0.5) is 0 Å². The average Bonchev–Trinajstić information content (AvgIpc) is 2.42. The van der Waals surface area contributed by atoms with Gasteiger partial charge in [-0.2, -0.15) is 0 Å². The van der Waals surface area contributed by atoms with E-state index in [-0.39, 0.29) is 0 Å². The van der Waals surface area contributed by atoms with Gasteiger partial charge in [0.15, 0.2) is 0 Å². The predicted molar refractivity (Wildman–Crippen MR) is 80.5 cm³/mol. The van der Waals surface area contributed by atoms with Crippen LogP contribution in [0.5, 0.6) is 0 Å². The summed E-state index contributed by atoms with van der Waals surface area (Å²) in [6.45, 7) is 3.13. The molecule has 0 aliphatic carbocycles. The highest BCUT2D eigenvalue weighted by Gasteiger charge is 2.08. The minimum Gasteiger partial charge on any atom is -0.306 e. The first-order valence-corrected chi connectivity index (χ1v) is 7.11. The third-order valence-electron chi connectivity index (χ3n) is 3.08. The van der Waals surface area contributed by atoms with Crippen LogP contribution in [0.15, 0.2) is 59.1 Å². The zero-order chi connectivity index (χ0) is 12.8. The molecule has 0 fully saturated rings. The molecule has 2 aromatic rings. The monoisotopic (exact) mass is 303 g/mol. The number of nitrogens with one attached hydrogen (secondary N) is 1. The van der Waals surface area contributed by atoms with Gasteiger partial charge in [0.2, 0.25) is 0 Å². The second kappa shape index (κ2) is 6.72. The van der Waals surface area contributed by atoms with Crippen molar-refractivity contribution in [1.29, 1.82) is 0 Å². The molecule has 0 amide bonds. The first kappa shape index (κ1) is 13.3. The van der Waals surface area contributed by atoms with Crippen LogP contribution in [0.25, 0.3) is 0 Å². The lowest BCUT2D eigenvalue weighted by Crippen LogP contribution is -2.20. The van der Waals surface area contributed by atoms with Gasteiger partial charge >= 0.3 is 0 Å². The summed E-state index contributed by atoms with van der Waals surface area (Å²) in [6, 6.07) is 19.5. The Morgan fingerprint density at radius 3 is 2.28 bits per heavy atom. The molecule has 0 aromatic heterocycles. The lowest BCUT2D eigenvalue weighted by atomic mass is 10.0. The molecule has 0 saturated carbocycles. The lowest BCUT2D eigenvalue weighted by molar-refractivity contribution is 0.519. The Labute approximate surface area is 117 Å². The van der Waals surface area contributed by atoms with Gasteiger partial charge in [0.05, 0.1) is 0 Å². The highest BCUT2D eigenvalue weighted by Crippen LogP contribution is 2.19. The summed E-state index contributed by atoms with van der Waals surface area (Å²) in [5.74, 6) is 0. The van der Waals surface area contributed by atoms with Crippen molar-refractivity contribution in [2.24, 2.45) is 0 Å². The van der Waals surface area contributed by atoms with Crippen LogP contribution in [-0.2, 0) is 6.54 Å². The van der Waals surface area contributed by atoms with Crippen molar-refractivity contribution >= 4 is 15.9 Å². The summed E-state index contributed by atoms with van der Waals surface area (Å²) in [7, 11) is 0. The minimum absolute atomic E-state index is 0.415. The molecular weight excluding hydrogens is 286 g/mol. The van der Waals surface area contributed by atoms with Crippen LogP contribution in [0, 0.1) is 0 Å². The van der Waals surface area contributed by atoms with E-state index in [9.17, 15) is 0 Å². The van der Waals surface area contributed by atoms with E-state index < -0.39 is 0 Å². The minimum atomic E-state index is 0.415. The molecule has 1 N–H and O–H groups in total. The number of halogens is 1. The summed E-state index contributed by atoms with van der Waals surface area (Å²) in [4.78, 5) is 0. The van der Waals surface area contributed by atoms with Gasteiger partial charge < -0.3 is 5.32 Å². The first-order valence-electron chi connectivity index (χ1n) is 6.32. The van der Waals surface area contributed by atoms with Crippen molar-refractivity contribution in [1.82, 2.24) is 5.32 Å². The van der Waals surface area contributed by atoms with Crippen LogP contribution in [-0.4, -0.2) is 0 Å². The molecule has 0 radical (unpaired) electrons. The molecular formula is C16H18BrN. The normalized spacial score (nSPS) is 12.3. The molecule has 0 spiro atoms. The van der Waals surface area contributed by atoms with Gasteiger partial charge in [-0.25, -0.2) is 0 Å². The number of hydrogen-bond donors (Lipinski definition) is 1. The van der Waals surface area contributed by atoms with Gasteiger partial charge in [0.25, 0.3) is 0 Å². The van der Waals surface area contributed by atoms with E-state index in [1.807, 2.05) is 0 Å². The Morgan fingerprint density at radius 2 is 1.67 bits per heavy atom. The van der Waals surface area contributed by atoms with Crippen molar-refractivity contribution in [2.45, 2.75) is 25.9 Å². The Balaban J connectivity index is 1.99. The molecule has 18 heavy (non-hydrogen) atoms. The highest BCUT2D eigenvalue weighted by molar-refractivity contribution is 9.10. The molecule has 0 aliphatic rings. The largest absolute Gasteiger partial charge is 0.306 e. The molecule has 0 saturated heterocycles. The predicted octanol–water partition coefficient (Wildman–Crippen LogP) is 4.69. The van der Waals surface area contributed by atoms with Crippen molar-refractivity contribution < 1.29 is 0 Å². The zero-order valence-electron chi connectivity index (χ0n) is 10.6. The van der Waals surface area contributed by atoms with Crippen LogP contribution < -0.4 is 5.32 Å². The highest BCUT2D eigenvalue weighted by atomic mass is 79.9. The van der Waals surface area contributed by atoms with E-state index in [0.717, 1.165) is 17.4 Å². The van der Waals surface area contributed by atoms with E-state index in [2.05, 4.69) is 82.8 Å². The summed E-state index contributed by atoms with van der Waals surface area (Å²) in [6.07, 6.45) is 1.09. The van der Waals surface area contributed by atoms with Gasteiger partial charge in [-0.1, -0.05) is 65.3 Å². The Hall–Kier alpha value is -1.12. The molecule has 0 aliphatic heterocycles. The fraction of sp³-hybridized carbons (Fsp3) is 0.250. The van der Waals surface area contributed by atoms with Crippen molar-refractivity contribution in [2.75, 3.05) is 0 Å². The summed E-state index contributed by atoms with van der Waals surface area (Å²) >= 11 is 3.47. The van der Waals surface area contributed by atoms with Gasteiger partial charge in [-0.3, -0.25) is 0 Å². The maximum Gasteiger partial charge on any atom is 0.0320 e. The van der Waals surface area contributed by atoms with Crippen LogP contribution in [0.2, 0.25) is 0 Å². The lowest BCUT2D eigenvalue weighted by Gasteiger charge is -2.17. The van der Waals surface area contributed by atoms with Gasteiger partial charge in [0.1, 0.15) is 0 Å². The van der Waals surface area contributed by atoms with Crippen LogP contribution in [0.1, 0.15) is 30.5 Å². The van der Waals surface area contributed by atoms with Gasteiger partial charge in [-0.05, 0) is 29.7 Å². The molecule has 2 aromatic carbocycles. The molecule has 2 heteroatoms. The SMILES string of the molecule is CCC(NCc1ccccc1)c1ccc(Br)cc1. The molecule has 94 valence electrons. The number of benzene rings is 2. The molecule has 1 nitrogen and oxygen atoms in total. The number of rotatable bonds is 5. The zero-order valence-corrected chi connectivity index (χ0v) is 12.2. The van der Waals surface area contributed by atoms with Gasteiger partial charge in [-0.15, -0.1) is 0 Å². The molecule has 1 unspecified atom stereocenters. The second-order valence-electron chi connectivity index (χ2n) is 4.38. The van der Waals surface area contributed by atoms with Crippen molar-refractivity contribution in [3.8, 4) is 0 Å².